The molecule has 13 nitrogen and oxygen atoms in total. The van der Waals surface area contributed by atoms with Gasteiger partial charge in [0.2, 0.25) is 0 Å². The zero-order chi connectivity index (χ0) is 17.6. The van der Waals surface area contributed by atoms with Crippen molar-refractivity contribution in [1.82, 2.24) is 19.5 Å². The van der Waals surface area contributed by atoms with Crippen LogP contribution in [0, 0.1) is 0 Å². The van der Waals surface area contributed by atoms with E-state index in [4.69, 9.17) is 14.5 Å². The van der Waals surface area contributed by atoms with Crippen molar-refractivity contribution >= 4 is 19.0 Å². The van der Waals surface area contributed by atoms with Crippen molar-refractivity contribution in [3.05, 3.63) is 6.33 Å². The van der Waals surface area contributed by atoms with Gasteiger partial charge in [0.05, 0.1) is 18.9 Å². The Morgan fingerprint density at radius 3 is 2.50 bits per heavy atom. The van der Waals surface area contributed by atoms with E-state index in [1.165, 1.54) is 0 Å². The Morgan fingerprint density at radius 2 is 1.88 bits per heavy atom. The number of phosphoric acid groups is 1. The Kier molecular flexibility index (Phi) is 8.46. The van der Waals surface area contributed by atoms with Crippen LogP contribution in [0.2, 0.25) is 0 Å². The zero-order valence-corrected chi connectivity index (χ0v) is 18.6. The van der Waals surface area contributed by atoms with Crippen molar-refractivity contribution in [3.8, 4) is 11.9 Å². The number of ether oxygens (including phenoxy) is 1. The molecule has 0 aliphatic carbocycles. The fraction of sp³-hybridized carbons (Fsp3) is 0.500. The summed E-state index contributed by atoms with van der Waals surface area (Å²) in [6.07, 6.45) is -4.60. The third-order valence-corrected chi connectivity index (χ3v) is 3.87. The molecule has 0 amide bonds. The molecule has 3 heterocycles. The van der Waals surface area contributed by atoms with E-state index in [0.29, 0.717) is 0 Å². The van der Waals surface area contributed by atoms with Crippen LogP contribution in [0.5, 0.6) is 11.9 Å². The molecule has 0 bridgehead atoms. The van der Waals surface area contributed by atoms with E-state index >= 15 is 0 Å². The molecule has 1 fully saturated rings. The second kappa shape index (κ2) is 9.09. The molecule has 4 atom stereocenters. The molecule has 3 rings (SSSR count). The van der Waals surface area contributed by atoms with E-state index in [2.05, 4.69) is 19.5 Å². The van der Waals surface area contributed by atoms with Gasteiger partial charge in [-0.25, -0.2) is 14.5 Å². The third kappa shape index (κ3) is 4.94. The molecule has 0 aromatic carbocycles. The Hall–Kier alpha value is 0.140. The van der Waals surface area contributed by atoms with Gasteiger partial charge in [-0.05, 0) is 0 Å². The molecule has 2 aromatic rings. The van der Waals surface area contributed by atoms with E-state index in [-0.39, 0.29) is 70.3 Å². The predicted molar refractivity (Wildman–Crippen MR) is 68.1 cm³/mol. The number of aliphatic hydroxyl groups is 2. The number of phosphoric ester groups is 1. The molecule has 1 aliphatic rings. The number of rotatable bonds is 4. The minimum Gasteiger partial charge on any atom is -0.857 e. The smallest absolute Gasteiger partial charge is 0.857 e. The number of fused-ring (bicyclic) bond motifs is 1. The molecule has 0 spiro atoms. The molecule has 4 N–H and O–H groups in total. The fourth-order valence-electron chi connectivity index (χ4n) is 2.33. The van der Waals surface area contributed by atoms with Gasteiger partial charge in [-0.1, -0.05) is 0 Å². The second-order valence-corrected chi connectivity index (χ2v) is 6.21. The van der Waals surface area contributed by atoms with Crippen molar-refractivity contribution in [2.75, 3.05) is 6.61 Å². The van der Waals surface area contributed by atoms with Crippen LogP contribution >= 0.6 is 7.82 Å². The average molecular weight is 408 g/mol. The first-order valence-corrected chi connectivity index (χ1v) is 8.00. The van der Waals surface area contributed by atoms with E-state index in [0.717, 1.165) is 10.9 Å². The molecule has 1 aliphatic heterocycles. The first-order chi connectivity index (χ1) is 11.2. The summed E-state index contributed by atoms with van der Waals surface area (Å²) in [5, 5.41) is 42.8. The van der Waals surface area contributed by atoms with Gasteiger partial charge in [0.25, 0.3) is 0 Å². The maximum absolute atomic E-state index is 11.6. The third-order valence-electron chi connectivity index (χ3n) is 3.39. The van der Waals surface area contributed by atoms with Gasteiger partial charge in [-0.2, -0.15) is 0 Å². The topological polar surface area (TPSA) is 206 Å². The molecule has 4 unspecified atom stereocenters. The summed E-state index contributed by atoms with van der Waals surface area (Å²) in [6, 6.07) is -1.05. The van der Waals surface area contributed by atoms with Gasteiger partial charge < -0.3 is 34.9 Å². The SMILES string of the molecule is O=P(O)(O)OCC1OC(n2cnc3c([O-])nc([O-])nc32)C(O)C1O.[Na+].[Na+]. The molecule has 2 aromatic heterocycles. The quantitative estimate of drug-likeness (QED) is 0.275. The standard InChI is InChI=1S/C10H13N4O9P.2Na/c15-5-3(1-22-24(19,20)21)23-9(6(5)16)14-2-11-4-7(14)12-10(18)13-8(4)17;;/h2-3,5-6,9,15-16H,1H2,(H2,19,20,21)(H2,12,13,17,18);;/q;2*+1/p-2. The molecule has 26 heavy (non-hydrogen) atoms. The number of imidazole rings is 1. The van der Waals surface area contributed by atoms with Crippen molar-refractivity contribution in [2.24, 2.45) is 0 Å². The largest absolute Gasteiger partial charge is 1.00 e. The maximum Gasteiger partial charge on any atom is 1.00 e. The zero-order valence-electron chi connectivity index (χ0n) is 13.7. The predicted octanol–water partition coefficient (Wildman–Crippen LogP) is -9.29. The van der Waals surface area contributed by atoms with Gasteiger partial charge in [-0.3, -0.25) is 14.1 Å². The average Bonchev–Trinajstić information content (AvgIpc) is 3.00. The number of hydrogen-bond acceptors (Lipinski definition) is 10. The minimum atomic E-state index is -4.79. The molecule has 132 valence electrons. The molecule has 0 saturated carbocycles. The Bertz CT molecular complexity index is 817. The Morgan fingerprint density at radius 1 is 1.23 bits per heavy atom. The summed E-state index contributed by atoms with van der Waals surface area (Å²) in [7, 11) is -4.79. The van der Waals surface area contributed by atoms with E-state index in [1.807, 2.05) is 0 Å². The van der Waals surface area contributed by atoms with Crippen molar-refractivity contribution in [2.45, 2.75) is 24.5 Å². The fourth-order valence-corrected chi connectivity index (χ4v) is 2.67. The van der Waals surface area contributed by atoms with Crippen LogP contribution < -0.4 is 69.3 Å². The molecule has 0 radical (unpaired) electrons. The van der Waals surface area contributed by atoms with Crippen molar-refractivity contribution < 1.29 is 103 Å². The number of hydrogen-bond donors (Lipinski definition) is 4. The van der Waals surface area contributed by atoms with Gasteiger partial charge >= 0.3 is 66.9 Å². The summed E-state index contributed by atoms with van der Waals surface area (Å²) < 4.78 is 21.3. The first-order valence-electron chi connectivity index (χ1n) is 6.47. The van der Waals surface area contributed by atoms with Crippen molar-refractivity contribution in [1.29, 1.82) is 0 Å². The van der Waals surface area contributed by atoms with Crippen LogP contribution in [-0.2, 0) is 13.8 Å². The molecule has 16 heteroatoms. The van der Waals surface area contributed by atoms with Gasteiger partial charge in [0.1, 0.15) is 23.8 Å². The first kappa shape index (κ1) is 24.2. The molecule has 1 saturated heterocycles. The van der Waals surface area contributed by atoms with Gasteiger partial charge in [0.15, 0.2) is 11.9 Å². The Labute approximate surface area is 189 Å². The van der Waals surface area contributed by atoms with Crippen LogP contribution in [0.1, 0.15) is 6.23 Å². The molecular weight excluding hydrogens is 397 g/mol. The van der Waals surface area contributed by atoms with Crippen LogP contribution in [-0.4, -0.2) is 64.4 Å². The minimum absolute atomic E-state index is 0. The number of nitrogens with zero attached hydrogens (tertiary/aromatic N) is 4. The summed E-state index contributed by atoms with van der Waals surface area (Å²) in [5.74, 6) is -0.904. The van der Waals surface area contributed by atoms with Gasteiger partial charge in [0, 0.05) is 5.88 Å². The van der Waals surface area contributed by atoms with Crippen LogP contribution in [0.15, 0.2) is 6.33 Å². The van der Waals surface area contributed by atoms with Crippen molar-refractivity contribution in [3.63, 3.8) is 0 Å². The van der Waals surface area contributed by atoms with E-state index in [1.54, 1.807) is 0 Å². The summed E-state index contributed by atoms with van der Waals surface area (Å²) >= 11 is 0. The summed E-state index contributed by atoms with van der Waals surface area (Å²) in [4.78, 5) is 27.7. The molecular formula is C10H11N4Na2O9P. The van der Waals surface area contributed by atoms with Gasteiger partial charge in [-0.15, -0.1) is 0 Å². The second-order valence-electron chi connectivity index (χ2n) is 4.97. The summed E-state index contributed by atoms with van der Waals surface area (Å²) in [5.41, 5.74) is -0.428. The normalized spacial score (nSPS) is 25.7. The van der Waals surface area contributed by atoms with Crippen LogP contribution in [0.4, 0.5) is 0 Å². The van der Waals surface area contributed by atoms with E-state index in [9.17, 15) is 25.0 Å². The number of aromatic nitrogens is 4. The van der Waals surface area contributed by atoms with Crippen LogP contribution in [0.3, 0.4) is 0 Å². The monoisotopic (exact) mass is 408 g/mol. The Balaban J connectivity index is 0.00000169. The van der Waals surface area contributed by atoms with Crippen LogP contribution in [0.25, 0.3) is 11.2 Å². The van der Waals surface area contributed by atoms with E-state index < -0.39 is 50.9 Å². The number of aliphatic hydroxyl groups excluding tert-OH is 2. The summed E-state index contributed by atoms with van der Waals surface area (Å²) in [6.45, 7) is -0.694. The maximum atomic E-state index is 11.6.